The van der Waals surface area contributed by atoms with Gasteiger partial charge in [-0.1, -0.05) is 23.8 Å². The molecule has 0 saturated carbocycles. The van der Waals surface area contributed by atoms with E-state index in [1.54, 1.807) is 24.3 Å². The molecule has 2 aromatic carbocycles. The fraction of sp³-hybridized carbons (Fsp3) is 0.105. The number of anilines is 1. The van der Waals surface area contributed by atoms with E-state index in [4.69, 9.17) is 17.0 Å². The molecule has 0 unspecified atom stereocenters. The molecule has 1 aliphatic heterocycles. The molecule has 1 heterocycles. The zero-order valence-corrected chi connectivity index (χ0v) is 15.0. The van der Waals surface area contributed by atoms with Crippen molar-refractivity contribution in [2.45, 2.75) is 6.92 Å². The van der Waals surface area contributed by atoms with Gasteiger partial charge in [-0.15, -0.1) is 0 Å². The van der Waals surface area contributed by atoms with Crippen LogP contribution < -0.4 is 15.0 Å². The zero-order valence-electron chi connectivity index (χ0n) is 14.1. The lowest BCUT2D eigenvalue weighted by Crippen LogP contribution is -2.54. The van der Waals surface area contributed by atoms with Crippen LogP contribution in [0.1, 0.15) is 11.1 Å². The molecular formula is C19H16N2O4S. The number of phenols is 1. The molecule has 2 N–H and O–H groups in total. The molecule has 1 fully saturated rings. The van der Waals surface area contributed by atoms with Gasteiger partial charge in [-0.3, -0.25) is 19.8 Å². The number of nitrogens with zero attached hydrogens (tertiary/aromatic N) is 1. The van der Waals surface area contributed by atoms with Crippen LogP contribution in [-0.4, -0.2) is 29.1 Å². The molecule has 132 valence electrons. The molecule has 2 amide bonds. The van der Waals surface area contributed by atoms with E-state index in [2.05, 4.69) is 5.32 Å². The number of benzene rings is 2. The molecule has 0 spiro atoms. The van der Waals surface area contributed by atoms with E-state index in [1.807, 2.05) is 19.1 Å². The van der Waals surface area contributed by atoms with E-state index in [1.165, 1.54) is 24.2 Å². The Morgan fingerprint density at radius 3 is 2.46 bits per heavy atom. The summed E-state index contributed by atoms with van der Waals surface area (Å²) in [6.07, 6.45) is 1.40. The van der Waals surface area contributed by atoms with Gasteiger partial charge in [0.15, 0.2) is 16.6 Å². The van der Waals surface area contributed by atoms with E-state index in [0.29, 0.717) is 17.0 Å². The number of carbonyl (C=O) groups is 2. The van der Waals surface area contributed by atoms with Gasteiger partial charge in [-0.25, -0.2) is 0 Å². The highest BCUT2D eigenvalue weighted by atomic mass is 32.1. The third-order valence-corrected chi connectivity index (χ3v) is 4.19. The predicted molar refractivity (Wildman–Crippen MR) is 102 cm³/mol. The lowest BCUT2D eigenvalue weighted by atomic mass is 10.1. The normalized spacial score (nSPS) is 16.0. The number of hydrogen-bond donors (Lipinski definition) is 2. The van der Waals surface area contributed by atoms with Crippen molar-refractivity contribution >= 4 is 40.9 Å². The molecule has 26 heavy (non-hydrogen) atoms. The molecular weight excluding hydrogens is 352 g/mol. The van der Waals surface area contributed by atoms with Crippen LogP contribution in [0.4, 0.5) is 5.69 Å². The van der Waals surface area contributed by atoms with Gasteiger partial charge in [-0.2, -0.15) is 0 Å². The second-order valence-corrected chi connectivity index (χ2v) is 6.11. The van der Waals surface area contributed by atoms with Crippen LogP contribution in [0.5, 0.6) is 11.5 Å². The first-order chi connectivity index (χ1) is 12.4. The Kier molecular flexibility index (Phi) is 4.73. The monoisotopic (exact) mass is 368 g/mol. The Bertz CT molecular complexity index is 935. The average Bonchev–Trinajstić information content (AvgIpc) is 2.60. The number of rotatable bonds is 3. The van der Waals surface area contributed by atoms with Gasteiger partial charge in [0.1, 0.15) is 5.57 Å². The summed E-state index contributed by atoms with van der Waals surface area (Å²) >= 11 is 5.16. The van der Waals surface area contributed by atoms with Gasteiger partial charge >= 0.3 is 0 Å². The number of ether oxygens (including phenoxy) is 1. The molecule has 0 aliphatic carbocycles. The van der Waals surface area contributed by atoms with Crippen LogP contribution in [0.3, 0.4) is 0 Å². The van der Waals surface area contributed by atoms with Crippen LogP contribution in [0.2, 0.25) is 0 Å². The molecule has 0 bridgehead atoms. The van der Waals surface area contributed by atoms with Gasteiger partial charge in [0.2, 0.25) is 0 Å². The first-order valence-corrected chi connectivity index (χ1v) is 8.16. The van der Waals surface area contributed by atoms with Crippen LogP contribution in [-0.2, 0) is 9.59 Å². The number of amides is 2. The fourth-order valence-corrected chi connectivity index (χ4v) is 2.83. The second-order valence-electron chi connectivity index (χ2n) is 5.72. The summed E-state index contributed by atoms with van der Waals surface area (Å²) < 4.78 is 4.99. The van der Waals surface area contributed by atoms with Crippen molar-refractivity contribution in [3.8, 4) is 11.5 Å². The van der Waals surface area contributed by atoms with Crippen molar-refractivity contribution in [3.63, 3.8) is 0 Å². The van der Waals surface area contributed by atoms with Gasteiger partial charge in [0.25, 0.3) is 11.8 Å². The summed E-state index contributed by atoms with van der Waals surface area (Å²) in [5, 5.41) is 12.4. The zero-order chi connectivity index (χ0) is 18.8. The van der Waals surface area contributed by atoms with Gasteiger partial charge in [-0.05, 0) is 55.0 Å². The minimum atomic E-state index is -0.585. The maximum Gasteiger partial charge on any atom is 0.270 e. The smallest absolute Gasteiger partial charge is 0.270 e. The molecule has 1 saturated heterocycles. The van der Waals surface area contributed by atoms with E-state index in [-0.39, 0.29) is 16.4 Å². The second kappa shape index (κ2) is 6.97. The third kappa shape index (κ3) is 3.29. The van der Waals surface area contributed by atoms with E-state index in [0.717, 1.165) is 5.56 Å². The minimum Gasteiger partial charge on any atom is -0.504 e. The highest BCUT2D eigenvalue weighted by Gasteiger charge is 2.34. The molecule has 1 aliphatic rings. The first kappa shape index (κ1) is 17.6. The quantitative estimate of drug-likeness (QED) is 0.495. The van der Waals surface area contributed by atoms with Crippen molar-refractivity contribution in [3.05, 3.63) is 59.2 Å². The largest absolute Gasteiger partial charge is 0.504 e. The highest BCUT2D eigenvalue weighted by Crippen LogP contribution is 2.28. The summed E-state index contributed by atoms with van der Waals surface area (Å²) in [7, 11) is 1.44. The molecule has 2 aromatic rings. The van der Waals surface area contributed by atoms with E-state index in [9.17, 15) is 14.7 Å². The summed E-state index contributed by atoms with van der Waals surface area (Å²) in [4.78, 5) is 26.4. The van der Waals surface area contributed by atoms with Crippen LogP contribution in [0.15, 0.2) is 48.0 Å². The number of carbonyl (C=O) groups excluding carboxylic acids is 2. The summed E-state index contributed by atoms with van der Waals surface area (Å²) in [6, 6.07) is 11.8. The molecule has 0 aromatic heterocycles. The minimum absolute atomic E-state index is 0.0265. The maximum atomic E-state index is 12.9. The predicted octanol–water partition coefficient (Wildman–Crippen LogP) is 2.54. The Labute approximate surface area is 155 Å². The Balaban J connectivity index is 1.99. The topological polar surface area (TPSA) is 78.9 Å². The Morgan fingerprint density at radius 1 is 1.15 bits per heavy atom. The standard InChI is InChI=1S/C19H16N2O4S/c1-11-3-6-13(7-4-11)21-18(24)14(17(23)20-19(21)26)9-12-5-8-16(25-2)15(22)10-12/h3-10,22H,1-2H3,(H,20,23,26)/b14-9+. The van der Waals surface area contributed by atoms with Crippen molar-refractivity contribution in [1.82, 2.24) is 5.32 Å². The van der Waals surface area contributed by atoms with Gasteiger partial charge in [0, 0.05) is 0 Å². The lowest BCUT2D eigenvalue weighted by Gasteiger charge is -2.29. The number of thiocarbonyl (C=S) groups is 1. The number of aryl methyl sites for hydroxylation is 1. The summed E-state index contributed by atoms with van der Waals surface area (Å²) in [5.41, 5.74) is 2.01. The van der Waals surface area contributed by atoms with Crippen LogP contribution in [0.25, 0.3) is 6.08 Å². The lowest BCUT2D eigenvalue weighted by molar-refractivity contribution is -0.122. The third-order valence-electron chi connectivity index (χ3n) is 3.91. The highest BCUT2D eigenvalue weighted by molar-refractivity contribution is 7.80. The van der Waals surface area contributed by atoms with Crippen molar-refractivity contribution < 1.29 is 19.4 Å². The Hall–Kier alpha value is -3.19. The van der Waals surface area contributed by atoms with Crippen LogP contribution in [0, 0.1) is 6.92 Å². The number of hydrogen-bond acceptors (Lipinski definition) is 5. The fourth-order valence-electron chi connectivity index (χ4n) is 2.55. The Morgan fingerprint density at radius 2 is 1.85 bits per heavy atom. The SMILES string of the molecule is COc1ccc(/C=C2\C(=O)NC(=S)N(c3ccc(C)cc3)C2=O)cc1O. The number of nitrogens with one attached hydrogen (secondary N) is 1. The molecule has 0 atom stereocenters. The molecule has 7 heteroatoms. The number of aromatic hydroxyl groups is 1. The molecule has 6 nitrogen and oxygen atoms in total. The van der Waals surface area contributed by atoms with Crippen molar-refractivity contribution in [2.24, 2.45) is 0 Å². The average molecular weight is 368 g/mol. The maximum absolute atomic E-state index is 12.9. The number of methoxy groups -OCH3 is 1. The van der Waals surface area contributed by atoms with Crippen molar-refractivity contribution in [1.29, 1.82) is 0 Å². The molecule has 0 radical (unpaired) electrons. The van der Waals surface area contributed by atoms with Crippen LogP contribution >= 0.6 is 12.2 Å². The molecule has 3 rings (SSSR count). The van der Waals surface area contributed by atoms with Gasteiger partial charge < -0.3 is 9.84 Å². The first-order valence-electron chi connectivity index (χ1n) is 7.76. The summed E-state index contributed by atoms with van der Waals surface area (Å²) in [6.45, 7) is 1.93. The van der Waals surface area contributed by atoms with E-state index >= 15 is 0 Å². The van der Waals surface area contributed by atoms with Crippen molar-refractivity contribution in [2.75, 3.05) is 12.0 Å². The van der Waals surface area contributed by atoms with E-state index < -0.39 is 11.8 Å². The summed E-state index contributed by atoms with van der Waals surface area (Å²) in [5.74, 6) is -0.901. The number of phenolic OH excluding ortho intramolecular Hbond substituents is 1. The van der Waals surface area contributed by atoms with Gasteiger partial charge in [0.05, 0.1) is 12.8 Å².